The highest BCUT2D eigenvalue weighted by Crippen LogP contribution is 2.50. The third-order valence-electron chi connectivity index (χ3n) is 9.01. The minimum atomic E-state index is -3.08. The fourth-order valence-corrected chi connectivity index (χ4v) is 6.76. The molecule has 1 fully saturated rings. The minimum absolute atomic E-state index is 0.0571. The van der Waals surface area contributed by atoms with E-state index in [1.54, 1.807) is 11.0 Å². The zero-order chi connectivity index (χ0) is 32.6. The number of aliphatic carboxylic acids is 1. The molecule has 2 heterocycles. The number of fused-ring (bicyclic) bond motifs is 1. The first-order valence-corrected chi connectivity index (χ1v) is 15.1. The number of aryl methyl sites for hydroxylation is 1. The number of nitrogens with zero attached hydrogens (tertiary/aromatic N) is 3. The van der Waals surface area contributed by atoms with Gasteiger partial charge in [0.15, 0.2) is 11.5 Å². The van der Waals surface area contributed by atoms with Crippen molar-refractivity contribution in [2.75, 3.05) is 6.54 Å². The molecule has 1 aliphatic heterocycles. The van der Waals surface area contributed by atoms with Crippen LogP contribution in [0.15, 0.2) is 88.3 Å². The number of carbonyl (C=O) groups is 1. The van der Waals surface area contributed by atoms with E-state index in [-0.39, 0.29) is 29.8 Å². The largest absolute Gasteiger partial charge is 0.480 e. The Kier molecular flexibility index (Phi) is 8.35. The lowest BCUT2D eigenvalue weighted by molar-refractivity contribution is -0.142. The Bertz CT molecular complexity index is 1860. The molecule has 11 heteroatoms. The molecule has 0 bridgehead atoms. The molecule has 0 radical (unpaired) electrons. The van der Waals surface area contributed by atoms with Crippen LogP contribution in [0.2, 0.25) is 0 Å². The highest BCUT2D eigenvalue weighted by Gasteiger charge is 2.45. The maximum Gasteiger partial charge on any atom is 0.387 e. The number of rotatable bonds is 9. The Morgan fingerprint density at radius 3 is 2.65 bits per heavy atom. The molecule has 0 saturated carbocycles. The lowest BCUT2D eigenvalue weighted by Gasteiger charge is -2.38. The Balaban J connectivity index is 1.50. The molecule has 9 nitrogen and oxygen atoms in total. The second-order valence-electron chi connectivity index (χ2n) is 11.8. The first-order chi connectivity index (χ1) is 22.1. The smallest absolute Gasteiger partial charge is 0.387 e. The Morgan fingerprint density at radius 1 is 1.20 bits per heavy atom. The number of hydrogen-bond donors (Lipinski definition) is 3. The molecule has 1 aliphatic carbocycles. The number of likely N-dealkylation sites (tertiary alicyclic amines) is 1. The highest BCUT2D eigenvalue weighted by atomic mass is 19.3. The predicted octanol–water partition coefficient (Wildman–Crippen LogP) is 6.27. The summed E-state index contributed by atoms with van der Waals surface area (Å²) in [7, 11) is 0. The van der Waals surface area contributed by atoms with Gasteiger partial charge in [0.25, 0.3) is 0 Å². The van der Waals surface area contributed by atoms with E-state index < -0.39 is 24.0 Å². The number of oxazole rings is 1. The van der Waals surface area contributed by atoms with Crippen molar-refractivity contribution in [1.29, 1.82) is 0 Å². The van der Waals surface area contributed by atoms with E-state index in [1.165, 1.54) is 6.07 Å². The zero-order valence-corrected chi connectivity index (χ0v) is 25.5. The number of halogens is 2. The fraction of sp³-hybridized carbons (Fsp3) is 0.286. The van der Waals surface area contributed by atoms with Gasteiger partial charge in [-0.3, -0.25) is 9.69 Å². The van der Waals surface area contributed by atoms with E-state index in [2.05, 4.69) is 37.0 Å². The average molecular weight is 628 g/mol. The standard InChI is InChI=1S/C35H35F2N5O4/c1-20-7-3-4-8-25(20)26-9-5-15-35(21(26)2,23-11-13-24(14-12-23)40-34(38)39)32-41-27-17-22(19-42-16-6-10-28(42)31(43)44)29(46-33(36)37)18-30(27)45-32/h3-5,7-9,11-15,17-18,21,28,33H,6,10,16,19H2,1-2H3,(H,43,44)(H4,38,39,40)/t21?,28-,35?/m0/s1. The van der Waals surface area contributed by atoms with Crippen molar-refractivity contribution < 1.29 is 27.8 Å². The van der Waals surface area contributed by atoms with Crippen LogP contribution < -0.4 is 16.2 Å². The van der Waals surface area contributed by atoms with E-state index in [0.717, 1.165) is 22.3 Å². The van der Waals surface area contributed by atoms with E-state index in [9.17, 15) is 18.7 Å². The zero-order valence-electron chi connectivity index (χ0n) is 25.5. The third-order valence-corrected chi connectivity index (χ3v) is 9.01. The Labute approximate surface area is 264 Å². The first kappa shape index (κ1) is 31.0. The van der Waals surface area contributed by atoms with Crippen molar-refractivity contribution in [3.05, 3.63) is 107 Å². The van der Waals surface area contributed by atoms with Crippen LogP contribution in [-0.2, 0) is 16.8 Å². The lowest BCUT2D eigenvalue weighted by Crippen LogP contribution is -2.36. The van der Waals surface area contributed by atoms with Gasteiger partial charge in [0.05, 0.1) is 11.1 Å². The number of ether oxygens (including phenoxy) is 1. The number of carboxylic acids is 1. The van der Waals surface area contributed by atoms with Crippen molar-refractivity contribution >= 4 is 34.3 Å². The van der Waals surface area contributed by atoms with Crippen LogP contribution in [0.25, 0.3) is 16.7 Å². The number of carboxylic acid groups (broad SMARTS) is 1. The SMILES string of the molecule is Cc1ccccc1C1=CC=CC(c2ccc(N=C(N)N)cc2)(c2nc3cc(CN4CCC[C@H]4C(=O)O)c(OC(F)F)cc3o2)C1C. The quantitative estimate of drug-likeness (QED) is 0.146. The van der Waals surface area contributed by atoms with Gasteiger partial charge >= 0.3 is 12.6 Å². The molecule has 3 aromatic carbocycles. The molecule has 1 saturated heterocycles. The molecule has 4 aromatic rings. The van der Waals surface area contributed by atoms with Crippen LogP contribution in [0.4, 0.5) is 14.5 Å². The number of benzene rings is 3. The van der Waals surface area contributed by atoms with Gasteiger partial charge in [0.1, 0.15) is 17.3 Å². The summed E-state index contributed by atoms with van der Waals surface area (Å²) in [6, 6.07) is 18.0. The number of aliphatic imine (C=N–C) groups is 1. The molecule has 2 aliphatic rings. The van der Waals surface area contributed by atoms with Crippen molar-refractivity contribution in [3.63, 3.8) is 0 Å². The minimum Gasteiger partial charge on any atom is -0.480 e. The summed E-state index contributed by atoms with van der Waals surface area (Å²) in [5.41, 5.74) is 16.2. The second-order valence-corrected chi connectivity index (χ2v) is 11.8. The Morgan fingerprint density at radius 2 is 1.96 bits per heavy atom. The summed E-state index contributed by atoms with van der Waals surface area (Å²) in [5, 5.41) is 9.69. The molecule has 0 amide bonds. The second kappa shape index (κ2) is 12.4. The van der Waals surface area contributed by atoms with Gasteiger partial charge in [-0.2, -0.15) is 8.78 Å². The summed E-state index contributed by atoms with van der Waals surface area (Å²) < 4.78 is 38.6. The van der Waals surface area contributed by atoms with Crippen molar-refractivity contribution in [3.8, 4) is 5.75 Å². The summed E-state index contributed by atoms with van der Waals surface area (Å²) in [5.74, 6) is -0.896. The molecular formula is C35H35F2N5O4. The van der Waals surface area contributed by atoms with E-state index in [0.29, 0.717) is 42.0 Å². The molecule has 0 spiro atoms. The van der Waals surface area contributed by atoms with Crippen LogP contribution in [-0.4, -0.2) is 46.1 Å². The normalized spacial score (nSPS) is 21.5. The number of nitrogens with two attached hydrogens (primary N) is 2. The molecule has 5 N–H and O–H groups in total. The van der Waals surface area contributed by atoms with Crippen LogP contribution in [0.3, 0.4) is 0 Å². The molecule has 6 rings (SSSR count). The molecule has 3 atom stereocenters. The monoisotopic (exact) mass is 627 g/mol. The molecule has 46 heavy (non-hydrogen) atoms. The topological polar surface area (TPSA) is 140 Å². The van der Waals surface area contributed by atoms with Crippen LogP contribution in [0.5, 0.6) is 5.75 Å². The fourth-order valence-electron chi connectivity index (χ4n) is 6.76. The van der Waals surface area contributed by atoms with Gasteiger partial charge in [-0.15, -0.1) is 0 Å². The van der Waals surface area contributed by atoms with Gasteiger partial charge in [0.2, 0.25) is 5.89 Å². The molecule has 238 valence electrons. The lowest BCUT2D eigenvalue weighted by atomic mass is 9.64. The van der Waals surface area contributed by atoms with E-state index in [4.69, 9.17) is 25.6 Å². The first-order valence-electron chi connectivity index (χ1n) is 15.1. The van der Waals surface area contributed by atoms with E-state index in [1.807, 2.05) is 48.6 Å². The van der Waals surface area contributed by atoms with Crippen molar-refractivity contribution in [1.82, 2.24) is 9.88 Å². The molecule has 1 aromatic heterocycles. The summed E-state index contributed by atoms with van der Waals surface area (Å²) in [6.07, 6.45) is 7.30. The number of hydrogen-bond acceptors (Lipinski definition) is 6. The van der Waals surface area contributed by atoms with E-state index >= 15 is 0 Å². The number of aromatic nitrogens is 1. The van der Waals surface area contributed by atoms with Crippen LogP contribution in [0.1, 0.15) is 47.9 Å². The summed E-state index contributed by atoms with van der Waals surface area (Å²) in [6.45, 7) is 1.74. The molecular weight excluding hydrogens is 592 g/mol. The summed E-state index contributed by atoms with van der Waals surface area (Å²) >= 11 is 0. The van der Waals surface area contributed by atoms with Crippen molar-refractivity contribution in [2.45, 2.75) is 51.3 Å². The van der Waals surface area contributed by atoms with Gasteiger partial charge in [-0.05, 0) is 66.8 Å². The van der Waals surface area contributed by atoms with Crippen LogP contribution >= 0.6 is 0 Å². The summed E-state index contributed by atoms with van der Waals surface area (Å²) in [4.78, 5) is 22.7. The van der Waals surface area contributed by atoms with Gasteiger partial charge in [0, 0.05) is 24.1 Å². The van der Waals surface area contributed by atoms with Gasteiger partial charge < -0.3 is 25.7 Å². The van der Waals surface area contributed by atoms with Crippen molar-refractivity contribution in [2.24, 2.45) is 22.4 Å². The maximum atomic E-state index is 13.6. The Hall–Kier alpha value is -5.03. The predicted molar refractivity (Wildman–Crippen MR) is 172 cm³/mol. The molecule has 2 unspecified atom stereocenters. The van der Waals surface area contributed by atoms with Crippen LogP contribution in [0, 0.1) is 12.8 Å². The maximum absolute atomic E-state index is 13.6. The van der Waals surface area contributed by atoms with Gasteiger partial charge in [-0.25, -0.2) is 9.98 Å². The third kappa shape index (κ3) is 5.74. The number of alkyl halides is 2. The highest BCUT2D eigenvalue weighted by molar-refractivity contribution is 5.80. The average Bonchev–Trinajstić information content (AvgIpc) is 3.65. The number of guanidine groups is 1. The van der Waals surface area contributed by atoms with Gasteiger partial charge in [-0.1, -0.05) is 61.5 Å². The number of allylic oxidation sites excluding steroid dienone is 4.